The van der Waals surface area contributed by atoms with Crippen molar-refractivity contribution in [3.8, 4) is 11.5 Å². The van der Waals surface area contributed by atoms with E-state index in [2.05, 4.69) is 23.5 Å². The normalized spacial score (nSPS) is 19.0. The van der Waals surface area contributed by atoms with Gasteiger partial charge in [-0.2, -0.15) is 0 Å². The minimum Gasteiger partial charge on any atom is -0.457 e. The van der Waals surface area contributed by atoms with E-state index in [1.807, 2.05) is 48.5 Å². The topological polar surface area (TPSA) is 47.6 Å². The second-order valence-corrected chi connectivity index (χ2v) is 5.84. The van der Waals surface area contributed by atoms with Crippen molar-refractivity contribution in [2.24, 2.45) is 5.92 Å². The Kier molecular flexibility index (Phi) is 5.16. The van der Waals surface area contributed by atoms with Crippen LogP contribution < -0.4 is 10.1 Å². The van der Waals surface area contributed by atoms with E-state index in [9.17, 15) is 4.79 Å². The summed E-state index contributed by atoms with van der Waals surface area (Å²) >= 11 is 0. The van der Waals surface area contributed by atoms with Crippen LogP contribution in [0.3, 0.4) is 0 Å². The van der Waals surface area contributed by atoms with Crippen LogP contribution in [-0.2, 0) is 11.2 Å². The van der Waals surface area contributed by atoms with Gasteiger partial charge in [-0.1, -0.05) is 42.5 Å². The highest BCUT2D eigenvalue weighted by molar-refractivity contribution is 5.67. The predicted molar refractivity (Wildman–Crippen MR) is 93.2 cm³/mol. The predicted octanol–water partition coefficient (Wildman–Crippen LogP) is 4.32. The zero-order valence-electron chi connectivity index (χ0n) is 13.6. The van der Waals surface area contributed by atoms with Gasteiger partial charge >= 0.3 is 6.09 Å². The van der Waals surface area contributed by atoms with Crippen LogP contribution in [0, 0.1) is 5.92 Å². The molecular formula is C20H21NO3. The van der Waals surface area contributed by atoms with E-state index < -0.39 is 0 Å². The van der Waals surface area contributed by atoms with Crippen LogP contribution in [0.1, 0.15) is 12.0 Å². The molecule has 0 unspecified atom stereocenters. The number of hydrogen-bond donors (Lipinski definition) is 1. The fraction of sp³-hybridized carbons (Fsp3) is 0.250. The molecule has 2 aromatic carbocycles. The van der Waals surface area contributed by atoms with Crippen molar-refractivity contribution in [3.05, 3.63) is 72.3 Å². The monoisotopic (exact) mass is 323 g/mol. The third-order valence-electron chi connectivity index (χ3n) is 4.13. The quantitative estimate of drug-likeness (QED) is 0.834. The van der Waals surface area contributed by atoms with Gasteiger partial charge in [-0.15, -0.1) is 0 Å². The lowest BCUT2D eigenvalue weighted by Gasteiger charge is -2.20. The van der Waals surface area contributed by atoms with Crippen LogP contribution in [-0.4, -0.2) is 19.2 Å². The van der Waals surface area contributed by atoms with E-state index in [0.29, 0.717) is 0 Å². The van der Waals surface area contributed by atoms with Crippen LogP contribution in [0.25, 0.3) is 0 Å². The van der Waals surface area contributed by atoms with E-state index in [0.717, 1.165) is 24.3 Å². The zero-order chi connectivity index (χ0) is 16.8. The summed E-state index contributed by atoms with van der Waals surface area (Å²) in [6.07, 6.45) is 5.56. The minimum atomic E-state index is -0.380. The molecule has 2 atom stereocenters. The second-order valence-electron chi connectivity index (χ2n) is 5.84. The highest BCUT2D eigenvalue weighted by Crippen LogP contribution is 2.26. The summed E-state index contributed by atoms with van der Waals surface area (Å²) in [4.78, 5) is 11.4. The molecule has 24 heavy (non-hydrogen) atoms. The Bertz CT molecular complexity index is 712. The molecule has 0 bridgehead atoms. The van der Waals surface area contributed by atoms with E-state index in [1.54, 1.807) is 0 Å². The summed E-state index contributed by atoms with van der Waals surface area (Å²) in [6.45, 7) is 0. The smallest absolute Gasteiger partial charge is 0.407 e. The number of rotatable bonds is 5. The molecular weight excluding hydrogens is 302 g/mol. The van der Waals surface area contributed by atoms with Crippen molar-refractivity contribution in [1.29, 1.82) is 0 Å². The number of methoxy groups -OCH3 is 1. The standard InChI is InChI=1S/C20H21NO3/c1-23-20(22)21-19-12-6-8-16(19)13-15-7-5-11-18(14-15)24-17-9-3-2-4-10-17/h2-11,14,16,19H,12-13H2,1H3,(H,21,22)/t16-,19+/m1/s1. The van der Waals surface area contributed by atoms with Gasteiger partial charge < -0.3 is 14.8 Å². The molecule has 3 rings (SSSR count). The first-order chi connectivity index (χ1) is 11.7. The van der Waals surface area contributed by atoms with Crippen molar-refractivity contribution in [2.75, 3.05) is 7.11 Å². The van der Waals surface area contributed by atoms with Gasteiger partial charge in [0.15, 0.2) is 0 Å². The van der Waals surface area contributed by atoms with Crippen molar-refractivity contribution in [2.45, 2.75) is 18.9 Å². The van der Waals surface area contributed by atoms with Gasteiger partial charge in [0.2, 0.25) is 0 Å². The Hall–Kier alpha value is -2.75. The van der Waals surface area contributed by atoms with E-state index in [4.69, 9.17) is 9.47 Å². The summed E-state index contributed by atoms with van der Waals surface area (Å²) < 4.78 is 10.6. The molecule has 4 nitrogen and oxygen atoms in total. The Morgan fingerprint density at radius 3 is 2.71 bits per heavy atom. The first-order valence-electron chi connectivity index (χ1n) is 8.07. The molecule has 0 saturated carbocycles. The molecule has 0 fully saturated rings. The van der Waals surface area contributed by atoms with Gasteiger partial charge in [0, 0.05) is 12.0 Å². The fourth-order valence-electron chi connectivity index (χ4n) is 2.93. The van der Waals surface area contributed by atoms with Crippen molar-refractivity contribution < 1.29 is 14.3 Å². The molecule has 0 radical (unpaired) electrons. The highest BCUT2D eigenvalue weighted by Gasteiger charge is 2.24. The van der Waals surface area contributed by atoms with Crippen LogP contribution in [0.2, 0.25) is 0 Å². The number of benzene rings is 2. The average molecular weight is 323 g/mol. The van der Waals surface area contributed by atoms with Crippen molar-refractivity contribution in [1.82, 2.24) is 5.32 Å². The maximum atomic E-state index is 11.4. The summed E-state index contributed by atoms with van der Waals surface area (Å²) in [5, 5.41) is 2.90. The molecule has 4 heteroatoms. The Morgan fingerprint density at radius 1 is 1.12 bits per heavy atom. The van der Waals surface area contributed by atoms with Gasteiger partial charge in [0.25, 0.3) is 0 Å². The summed E-state index contributed by atoms with van der Waals surface area (Å²) in [6, 6.07) is 17.9. The molecule has 0 spiro atoms. The SMILES string of the molecule is COC(=O)N[C@H]1CC=C[C@@H]1Cc1cccc(Oc2ccccc2)c1. The van der Waals surface area contributed by atoms with Crippen molar-refractivity contribution in [3.63, 3.8) is 0 Å². The van der Waals surface area contributed by atoms with Gasteiger partial charge in [-0.05, 0) is 42.7 Å². The van der Waals surface area contributed by atoms with Crippen LogP contribution in [0.4, 0.5) is 4.79 Å². The van der Waals surface area contributed by atoms with Gasteiger partial charge in [0.1, 0.15) is 11.5 Å². The molecule has 0 aromatic heterocycles. The molecule has 0 aliphatic heterocycles. The highest BCUT2D eigenvalue weighted by atomic mass is 16.5. The number of ether oxygens (including phenoxy) is 2. The number of carbonyl (C=O) groups is 1. The van der Waals surface area contributed by atoms with Gasteiger partial charge in [0.05, 0.1) is 7.11 Å². The number of para-hydroxylation sites is 1. The largest absolute Gasteiger partial charge is 0.457 e. The number of nitrogens with one attached hydrogen (secondary N) is 1. The number of carbonyl (C=O) groups excluding carboxylic acids is 1. The molecule has 0 saturated heterocycles. The third-order valence-corrected chi connectivity index (χ3v) is 4.13. The van der Waals surface area contributed by atoms with Crippen LogP contribution in [0.15, 0.2) is 66.7 Å². The first-order valence-corrected chi connectivity index (χ1v) is 8.07. The van der Waals surface area contributed by atoms with E-state index in [-0.39, 0.29) is 18.1 Å². The molecule has 0 heterocycles. The fourth-order valence-corrected chi connectivity index (χ4v) is 2.93. The zero-order valence-corrected chi connectivity index (χ0v) is 13.6. The number of amides is 1. The Morgan fingerprint density at radius 2 is 1.92 bits per heavy atom. The summed E-state index contributed by atoms with van der Waals surface area (Å²) in [7, 11) is 1.39. The third kappa shape index (κ3) is 4.16. The summed E-state index contributed by atoms with van der Waals surface area (Å²) in [5.41, 5.74) is 1.18. The molecule has 1 aliphatic carbocycles. The van der Waals surface area contributed by atoms with Gasteiger partial charge in [-0.3, -0.25) is 0 Å². The van der Waals surface area contributed by atoms with Gasteiger partial charge in [-0.25, -0.2) is 4.79 Å². The maximum Gasteiger partial charge on any atom is 0.407 e. The molecule has 1 aliphatic rings. The van der Waals surface area contributed by atoms with E-state index >= 15 is 0 Å². The molecule has 1 amide bonds. The molecule has 1 N–H and O–H groups in total. The van der Waals surface area contributed by atoms with Crippen LogP contribution >= 0.6 is 0 Å². The van der Waals surface area contributed by atoms with Crippen LogP contribution in [0.5, 0.6) is 11.5 Å². The number of hydrogen-bond acceptors (Lipinski definition) is 3. The Labute approximate surface area is 142 Å². The average Bonchev–Trinajstić information content (AvgIpc) is 3.03. The molecule has 2 aromatic rings. The maximum absolute atomic E-state index is 11.4. The lowest BCUT2D eigenvalue weighted by atomic mass is 9.95. The van der Waals surface area contributed by atoms with Crippen molar-refractivity contribution >= 4 is 6.09 Å². The summed E-state index contributed by atoms with van der Waals surface area (Å²) in [5.74, 6) is 1.90. The Balaban J connectivity index is 1.66. The lowest BCUT2D eigenvalue weighted by Crippen LogP contribution is -2.38. The first kappa shape index (κ1) is 16.1. The second kappa shape index (κ2) is 7.68. The molecule has 124 valence electrons. The lowest BCUT2D eigenvalue weighted by molar-refractivity contribution is 0.164. The van der Waals surface area contributed by atoms with E-state index in [1.165, 1.54) is 12.7 Å². The number of alkyl carbamates (subject to hydrolysis) is 1. The minimum absolute atomic E-state index is 0.0798.